The molecule has 1 aromatic carbocycles. The number of nitrogens with zero attached hydrogens (tertiary/aromatic N) is 1. The van der Waals surface area contributed by atoms with Gasteiger partial charge in [-0.3, -0.25) is 0 Å². The molecule has 0 heterocycles. The van der Waals surface area contributed by atoms with Crippen molar-refractivity contribution in [2.75, 3.05) is 45.4 Å². The summed E-state index contributed by atoms with van der Waals surface area (Å²) in [5, 5.41) is 9.83. The predicted molar refractivity (Wildman–Crippen MR) is 77.6 cm³/mol. The second-order valence-corrected chi connectivity index (χ2v) is 4.68. The van der Waals surface area contributed by atoms with Crippen molar-refractivity contribution in [3.8, 4) is 0 Å². The maximum Gasteiger partial charge on any atom is 0.146 e. The van der Waals surface area contributed by atoms with Crippen LogP contribution < -0.4 is 4.90 Å². The van der Waals surface area contributed by atoms with Crippen LogP contribution in [0.15, 0.2) is 18.2 Å². The zero-order chi connectivity index (χ0) is 15.0. The van der Waals surface area contributed by atoms with E-state index in [9.17, 15) is 9.50 Å². The number of ether oxygens (including phenoxy) is 2. The summed E-state index contributed by atoms with van der Waals surface area (Å²) in [4.78, 5) is 1.90. The van der Waals surface area contributed by atoms with E-state index < -0.39 is 6.10 Å². The van der Waals surface area contributed by atoms with Gasteiger partial charge in [0.2, 0.25) is 0 Å². The van der Waals surface area contributed by atoms with E-state index in [2.05, 4.69) is 0 Å². The zero-order valence-corrected chi connectivity index (χ0v) is 12.4. The molecule has 1 N–H and O–H groups in total. The number of methoxy groups -OCH3 is 2. The lowest BCUT2D eigenvalue weighted by molar-refractivity contribution is 0.189. The minimum absolute atomic E-state index is 0.322. The lowest BCUT2D eigenvalue weighted by atomic mass is 10.1. The summed E-state index contributed by atoms with van der Waals surface area (Å²) < 4.78 is 24.3. The topological polar surface area (TPSA) is 41.9 Å². The van der Waals surface area contributed by atoms with Crippen LogP contribution in [-0.4, -0.2) is 45.6 Å². The van der Waals surface area contributed by atoms with Crippen LogP contribution in [0, 0.1) is 5.82 Å². The van der Waals surface area contributed by atoms with E-state index >= 15 is 0 Å². The second-order valence-electron chi connectivity index (χ2n) is 4.68. The molecule has 0 amide bonds. The highest BCUT2D eigenvalue weighted by Gasteiger charge is 2.18. The molecule has 0 aliphatic heterocycles. The van der Waals surface area contributed by atoms with Gasteiger partial charge in [0.1, 0.15) is 5.82 Å². The van der Waals surface area contributed by atoms with Gasteiger partial charge in [-0.1, -0.05) is 12.1 Å². The number of rotatable bonds is 9. The molecule has 1 aromatic rings. The minimum atomic E-state index is -0.715. The minimum Gasteiger partial charge on any atom is -0.389 e. The average Bonchev–Trinajstić information content (AvgIpc) is 2.43. The van der Waals surface area contributed by atoms with Gasteiger partial charge in [-0.2, -0.15) is 0 Å². The Morgan fingerprint density at radius 2 is 1.90 bits per heavy atom. The van der Waals surface area contributed by atoms with Crippen LogP contribution in [0.2, 0.25) is 0 Å². The van der Waals surface area contributed by atoms with Crippen LogP contribution in [0.3, 0.4) is 0 Å². The first-order valence-electron chi connectivity index (χ1n) is 6.81. The lowest BCUT2D eigenvalue weighted by Crippen LogP contribution is -2.31. The molecule has 20 heavy (non-hydrogen) atoms. The highest BCUT2D eigenvalue weighted by molar-refractivity contribution is 5.55. The van der Waals surface area contributed by atoms with Gasteiger partial charge in [-0.25, -0.2) is 4.39 Å². The first kappa shape index (κ1) is 16.9. The smallest absolute Gasteiger partial charge is 0.146 e. The third-order valence-corrected chi connectivity index (χ3v) is 3.13. The number of hydrogen-bond donors (Lipinski definition) is 1. The van der Waals surface area contributed by atoms with Crippen molar-refractivity contribution in [1.82, 2.24) is 0 Å². The number of para-hydroxylation sites is 1. The Morgan fingerprint density at radius 3 is 2.50 bits per heavy atom. The summed E-state index contributed by atoms with van der Waals surface area (Å²) in [7, 11) is 3.26. The highest BCUT2D eigenvalue weighted by atomic mass is 19.1. The Balaban J connectivity index is 2.98. The number of anilines is 1. The van der Waals surface area contributed by atoms with Gasteiger partial charge in [0.15, 0.2) is 0 Å². The van der Waals surface area contributed by atoms with Gasteiger partial charge < -0.3 is 19.5 Å². The highest BCUT2D eigenvalue weighted by Crippen LogP contribution is 2.29. The monoisotopic (exact) mass is 285 g/mol. The van der Waals surface area contributed by atoms with E-state index in [0.29, 0.717) is 37.6 Å². The van der Waals surface area contributed by atoms with Gasteiger partial charge in [0, 0.05) is 39.5 Å². The normalized spacial score (nSPS) is 12.4. The largest absolute Gasteiger partial charge is 0.389 e. The van der Waals surface area contributed by atoms with Crippen molar-refractivity contribution in [3.05, 3.63) is 29.6 Å². The van der Waals surface area contributed by atoms with Crippen molar-refractivity contribution < 1.29 is 19.0 Å². The molecule has 0 unspecified atom stereocenters. The van der Waals surface area contributed by atoms with Crippen molar-refractivity contribution >= 4 is 5.69 Å². The maximum atomic E-state index is 14.2. The van der Waals surface area contributed by atoms with Gasteiger partial charge >= 0.3 is 0 Å². The Labute approximate surface area is 120 Å². The van der Waals surface area contributed by atoms with Crippen LogP contribution in [0.1, 0.15) is 25.0 Å². The molecule has 0 saturated heterocycles. The summed E-state index contributed by atoms with van der Waals surface area (Å²) in [6.07, 6.45) is 0.0709. The van der Waals surface area contributed by atoms with E-state index in [1.54, 1.807) is 33.3 Å². The Hall–Kier alpha value is -1.17. The molecule has 0 fully saturated rings. The molecule has 114 valence electrons. The molecule has 0 aromatic heterocycles. The van der Waals surface area contributed by atoms with E-state index in [1.165, 1.54) is 6.07 Å². The van der Waals surface area contributed by atoms with Gasteiger partial charge in [-0.15, -0.1) is 0 Å². The summed E-state index contributed by atoms with van der Waals surface area (Å²) >= 11 is 0. The summed E-state index contributed by atoms with van der Waals surface area (Å²) in [6.45, 7) is 3.98. The van der Waals surface area contributed by atoms with Crippen LogP contribution in [0.25, 0.3) is 0 Å². The molecule has 5 heteroatoms. The zero-order valence-electron chi connectivity index (χ0n) is 12.4. The molecule has 4 nitrogen and oxygen atoms in total. The number of aliphatic hydroxyl groups is 1. The molecule has 0 bridgehead atoms. The van der Waals surface area contributed by atoms with Crippen molar-refractivity contribution in [2.45, 2.75) is 19.4 Å². The lowest BCUT2D eigenvalue weighted by Gasteiger charge is -2.28. The molecule has 0 aliphatic carbocycles. The standard InChI is InChI=1S/C15H24FNO3/c1-12(18)13-6-4-7-14(16)15(13)17(9-11-20-3)8-5-10-19-2/h4,6-7,12,18H,5,8-11H2,1-3H3/t12-/m1/s1. The van der Waals surface area contributed by atoms with E-state index in [1.807, 2.05) is 4.90 Å². The molecule has 0 radical (unpaired) electrons. The SMILES string of the molecule is COCCCN(CCOC)c1c(F)cccc1[C@@H](C)O. The number of aliphatic hydroxyl groups excluding tert-OH is 1. The fourth-order valence-corrected chi connectivity index (χ4v) is 2.14. The third kappa shape index (κ3) is 4.74. The van der Waals surface area contributed by atoms with Gasteiger partial charge in [0.05, 0.1) is 18.4 Å². The summed E-state index contributed by atoms with van der Waals surface area (Å²) in [5.41, 5.74) is 1.05. The van der Waals surface area contributed by atoms with Crippen LogP contribution in [-0.2, 0) is 9.47 Å². The fraction of sp³-hybridized carbons (Fsp3) is 0.600. The molecule has 0 aliphatic rings. The van der Waals surface area contributed by atoms with Crippen LogP contribution in [0.4, 0.5) is 10.1 Å². The van der Waals surface area contributed by atoms with Gasteiger partial charge in [0.25, 0.3) is 0 Å². The molecule has 0 spiro atoms. The first-order chi connectivity index (χ1) is 9.61. The molecular weight excluding hydrogens is 261 g/mol. The Kier molecular flexibility index (Phi) is 7.51. The summed E-state index contributed by atoms with van der Waals surface area (Å²) in [5.74, 6) is -0.322. The third-order valence-electron chi connectivity index (χ3n) is 3.13. The van der Waals surface area contributed by atoms with Crippen LogP contribution >= 0.6 is 0 Å². The van der Waals surface area contributed by atoms with Gasteiger partial charge in [-0.05, 0) is 19.4 Å². The number of benzene rings is 1. The number of halogens is 1. The van der Waals surface area contributed by atoms with E-state index in [-0.39, 0.29) is 5.82 Å². The van der Waals surface area contributed by atoms with E-state index in [0.717, 1.165) is 6.42 Å². The molecular formula is C15H24FNO3. The second kappa shape index (κ2) is 8.89. The Bertz CT molecular complexity index is 399. The predicted octanol–water partition coefficient (Wildman–Crippen LogP) is 2.37. The maximum absolute atomic E-state index is 14.2. The van der Waals surface area contributed by atoms with Crippen molar-refractivity contribution in [2.24, 2.45) is 0 Å². The van der Waals surface area contributed by atoms with E-state index in [4.69, 9.17) is 9.47 Å². The van der Waals surface area contributed by atoms with Crippen molar-refractivity contribution in [3.63, 3.8) is 0 Å². The molecule has 0 saturated carbocycles. The molecule has 1 rings (SSSR count). The number of hydrogen-bond acceptors (Lipinski definition) is 4. The van der Waals surface area contributed by atoms with Crippen LogP contribution in [0.5, 0.6) is 0 Å². The fourth-order valence-electron chi connectivity index (χ4n) is 2.14. The van der Waals surface area contributed by atoms with Crippen molar-refractivity contribution in [1.29, 1.82) is 0 Å². The average molecular weight is 285 g/mol. The Morgan fingerprint density at radius 1 is 1.20 bits per heavy atom. The first-order valence-corrected chi connectivity index (χ1v) is 6.81. The summed E-state index contributed by atoms with van der Waals surface area (Å²) in [6, 6.07) is 4.78. The quantitative estimate of drug-likeness (QED) is 0.707. The molecule has 1 atom stereocenters.